The van der Waals surface area contributed by atoms with Crippen molar-refractivity contribution >= 4 is 17.7 Å². The van der Waals surface area contributed by atoms with Crippen molar-refractivity contribution in [2.24, 2.45) is 0 Å². The van der Waals surface area contributed by atoms with Gasteiger partial charge < -0.3 is 10.2 Å². The van der Waals surface area contributed by atoms with Gasteiger partial charge in [-0.1, -0.05) is 0 Å². The molecule has 4 heteroatoms. The molecular weight excluding hydrogens is 160 g/mol. The molecule has 1 aliphatic rings. The van der Waals surface area contributed by atoms with Gasteiger partial charge in [0.2, 0.25) is 5.91 Å². The summed E-state index contributed by atoms with van der Waals surface area (Å²) in [6, 6.07) is 0.439. The minimum absolute atomic E-state index is 0.240. The number of thioether (sulfide) groups is 1. The monoisotopic (exact) mass is 174 g/mol. The Hall–Kier alpha value is -0.220. The molecule has 1 aliphatic heterocycles. The van der Waals surface area contributed by atoms with E-state index in [0.717, 1.165) is 13.1 Å². The molecule has 1 amide bonds. The van der Waals surface area contributed by atoms with Gasteiger partial charge in [0.05, 0.1) is 11.8 Å². The fraction of sp³-hybridized carbons (Fsp3) is 0.857. The topological polar surface area (TPSA) is 32.3 Å². The third-order valence-corrected chi connectivity index (χ3v) is 2.50. The van der Waals surface area contributed by atoms with Gasteiger partial charge >= 0.3 is 0 Å². The van der Waals surface area contributed by atoms with Gasteiger partial charge in [0.25, 0.3) is 0 Å². The molecule has 0 unspecified atom stereocenters. The maximum atomic E-state index is 11.3. The van der Waals surface area contributed by atoms with E-state index < -0.39 is 0 Å². The molecule has 0 aliphatic carbocycles. The standard InChI is InChI=1S/C7H14N2OS/c1-9(6-3-8-4-6)7(10)5-11-2/h6,8H,3-5H2,1-2H3. The van der Waals surface area contributed by atoms with Crippen LogP contribution in [0.25, 0.3) is 0 Å². The number of rotatable bonds is 3. The van der Waals surface area contributed by atoms with Crippen molar-refractivity contribution < 1.29 is 4.79 Å². The highest BCUT2D eigenvalue weighted by atomic mass is 32.2. The Morgan fingerprint density at radius 3 is 2.73 bits per heavy atom. The van der Waals surface area contributed by atoms with E-state index in [1.807, 2.05) is 18.2 Å². The van der Waals surface area contributed by atoms with Crippen LogP contribution in [0.4, 0.5) is 0 Å². The van der Waals surface area contributed by atoms with Gasteiger partial charge in [0, 0.05) is 20.1 Å². The Labute approximate surface area is 71.5 Å². The molecule has 0 aromatic heterocycles. The molecule has 0 bridgehead atoms. The van der Waals surface area contributed by atoms with Crippen molar-refractivity contribution in [3.8, 4) is 0 Å². The molecule has 64 valence electrons. The van der Waals surface area contributed by atoms with Gasteiger partial charge in [-0.05, 0) is 6.26 Å². The maximum Gasteiger partial charge on any atom is 0.232 e. The lowest BCUT2D eigenvalue weighted by molar-refractivity contribution is -0.129. The molecule has 1 heterocycles. The van der Waals surface area contributed by atoms with Crippen LogP contribution < -0.4 is 5.32 Å². The third kappa shape index (κ3) is 2.10. The summed E-state index contributed by atoms with van der Waals surface area (Å²) in [5.74, 6) is 0.844. The molecule has 11 heavy (non-hydrogen) atoms. The second kappa shape index (κ2) is 3.97. The quantitative estimate of drug-likeness (QED) is 0.642. The van der Waals surface area contributed by atoms with Crippen LogP contribution in [-0.4, -0.2) is 49.0 Å². The molecule has 3 nitrogen and oxygen atoms in total. The van der Waals surface area contributed by atoms with E-state index in [9.17, 15) is 4.79 Å². The Morgan fingerprint density at radius 1 is 1.73 bits per heavy atom. The smallest absolute Gasteiger partial charge is 0.232 e. The summed E-state index contributed by atoms with van der Waals surface area (Å²) in [7, 11) is 1.88. The first-order valence-electron chi connectivity index (χ1n) is 3.71. The lowest BCUT2D eigenvalue weighted by Gasteiger charge is -2.35. The van der Waals surface area contributed by atoms with Gasteiger partial charge in [-0.25, -0.2) is 0 Å². The molecule has 0 atom stereocenters. The van der Waals surface area contributed by atoms with E-state index in [2.05, 4.69) is 5.32 Å². The number of amides is 1. The van der Waals surface area contributed by atoms with Crippen molar-refractivity contribution in [3.63, 3.8) is 0 Å². The molecular formula is C7H14N2OS. The first-order valence-corrected chi connectivity index (χ1v) is 5.10. The fourth-order valence-corrected chi connectivity index (χ4v) is 1.43. The molecule has 0 aromatic rings. The van der Waals surface area contributed by atoms with Gasteiger partial charge in [-0.2, -0.15) is 11.8 Å². The Bertz CT molecular complexity index is 147. The van der Waals surface area contributed by atoms with Crippen LogP contribution in [0.2, 0.25) is 0 Å². The second-order valence-electron chi connectivity index (χ2n) is 2.75. The summed E-state index contributed by atoms with van der Waals surface area (Å²) in [4.78, 5) is 13.1. The molecule has 0 radical (unpaired) electrons. The van der Waals surface area contributed by atoms with Gasteiger partial charge in [-0.3, -0.25) is 4.79 Å². The van der Waals surface area contributed by atoms with Crippen LogP contribution >= 0.6 is 11.8 Å². The summed E-state index contributed by atoms with van der Waals surface area (Å²) in [5.41, 5.74) is 0. The maximum absolute atomic E-state index is 11.3. The van der Waals surface area contributed by atoms with E-state index >= 15 is 0 Å². The Morgan fingerprint density at radius 2 is 2.36 bits per heavy atom. The molecule has 0 saturated carbocycles. The lowest BCUT2D eigenvalue weighted by atomic mass is 10.1. The van der Waals surface area contributed by atoms with Crippen molar-refractivity contribution in [2.45, 2.75) is 6.04 Å². The molecule has 0 spiro atoms. The highest BCUT2D eigenvalue weighted by Crippen LogP contribution is 2.04. The average Bonchev–Trinajstić information content (AvgIpc) is 1.84. The average molecular weight is 174 g/mol. The van der Waals surface area contributed by atoms with E-state index in [4.69, 9.17) is 0 Å². The van der Waals surface area contributed by atoms with Crippen LogP contribution in [0.5, 0.6) is 0 Å². The van der Waals surface area contributed by atoms with Gasteiger partial charge in [0.15, 0.2) is 0 Å². The second-order valence-corrected chi connectivity index (χ2v) is 3.62. The summed E-state index contributed by atoms with van der Waals surface area (Å²) in [6.07, 6.45) is 1.95. The molecule has 1 rings (SSSR count). The van der Waals surface area contributed by atoms with Crippen molar-refractivity contribution in [1.29, 1.82) is 0 Å². The van der Waals surface area contributed by atoms with Crippen molar-refractivity contribution in [2.75, 3.05) is 32.1 Å². The summed E-state index contributed by atoms with van der Waals surface area (Å²) >= 11 is 1.58. The van der Waals surface area contributed by atoms with E-state index in [0.29, 0.717) is 11.8 Å². The van der Waals surface area contributed by atoms with E-state index in [-0.39, 0.29) is 5.91 Å². The predicted octanol–water partition coefficient (Wildman–Crippen LogP) is -0.220. The number of hydrogen-bond donors (Lipinski definition) is 1. The highest BCUT2D eigenvalue weighted by molar-refractivity contribution is 7.99. The fourth-order valence-electron chi connectivity index (χ4n) is 0.976. The summed E-state index contributed by atoms with van der Waals surface area (Å²) < 4.78 is 0. The van der Waals surface area contributed by atoms with E-state index in [1.165, 1.54) is 0 Å². The molecule has 0 aromatic carbocycles. The number of carbonyl (C=O) groups is 1. The normalized spacial score (nSPS) is 17.6. The number of carbonyl (C=O) groups excluding carboxylic acids is 1. The van der Waals surface area contributed by atoms with Gasteiger partial charge in [0.1, 0.15) is 0 Å². The SMILES string of the molecule is CSCC(=O)N(C)C1CNC1. The third-order valence-electron chi connectivity index (χ3n) is 1.97. The highest BCUT2D eigenvalue weighted by Gasteiger charge is 2.24. The predicted molar refractivity (Wildman–Crippen MR) is 47.8 cm³/mol. The number of nitrogens with one attached hydrogen (secondary N) is 1. The van der Waals surface area contributed by atoms with Crippen molar-refractivity contribution in [3.05, 3.63) is 0 Å². The Balaban J connectivity index is 2.27. The minimum atomic E-state index is 0.240. The Kier molecular flexibility index (Phi) is 3.20. The van der Waals surface area contributed by atoms with Crippen LogP contribution in [0.1, 0.15) is 0 Å². The molecule has 1 fully saturated rings. The van der Waals surface area contributed by atoms with E-state index in [1.54, 1.807) is 11.8 Å². The van der Waals surface area contributed by atoms with Crippen LogP contribution in [0.3, 0.4) is 0 Å². The first kappa shape index (κ1) is 8.87. The van der Waals surface area contributed by atoms with Crippen LogP contribution in [0, 0.1) is 0 Å². The number of hydrogen-bond acceptors (Lipinski definition) is 3. The van der Waals surface area contributed by atoms with Crippen LogP contribution in [-0.2, 0) is 4.79 Å². The van der Waals surface area contributed by atoms with Crippen molar-refractivity contribution in [1.82, 2.24) is 10.2 Å². The summed E-state index contributed by atoms with van der Waals surface area (Å²) in [6.45, 7) is 1.91. The zero-order valence-electron chi connectivity index (χ0n) is 6.96. The first-order chi connectivity index (χ1) is 5.25. The number of nitrogens with zero attached hydrogens (tertiary/aromatic N) is 1. The minimum Gasteiger partial charge on any atom is -0.339 e. The molecule has 1 saturated heterocycles. The summed E-state index contributed by atoms with van der Waals surface area (Å²) in [5, 5.41) is 3.14. The molecule has 1 N–H and O–H groups in total. The zero-order chi connectivity index (χ0) is 8.27. The zero-order valence-corrected chi connectivity index (χ0v) is 7.78. The van der Waals surface area contributed by atoms with Crippen LogP contribution in [0.15, 0.2) is 0 Å². The lowest BCUT2D eigenvalue weighted by Crippen LogP contribution is -2.57. The van der Waals surface area contributed by atoms with Gasteiger partial charge in [-0.15, -0.1) is 0 Å². The number of likely N-dealkylation sites (N-methyl/N-ethyl adjacent to an activating group) is 1. The largest absolute Gasteiger partial charge is 0.339 e.